The molecule has 1 saturated carbocycles. The maximum Gasteiger partial charge on any atom is 0.225 e. The first-order valence-electron chi connectivity index (χ1n) is 7.63. The summed E-state index contributed by atoms with van der Waals surface area (Å²) in [6, 6.07) is 11.9. The first kappa shape index (κ1) is 14.3. The molecule has 0 aliphatic heterocycles. The Bertz CT molecular complexity index is 698. The summed E-state index contributed by atoms with van der Waals surface area (Å²) in [5.41, 5.74) is 2.26. The van der Waals surface area contributed by atoms with Crippen LogP contribution < -0.4 is 10.6 Å². The predicted molar refractivity (Wildman–Crippen MR) is 87.1 cm³/mol. The fraction of sp³-hybridized carbons (Fsp3) is 0.353. The summed E-state index contributed by atoms with van der Waals surface area (Å²) in [5, 5.41) is 15.8. The highest BCUT2D eigenvalue weighted by molar-refractivity contribution is 5.65. The Morgan fingerprint density at radius 3 is 2.73 bits per heavy atom. The van der Waals surface area contributed by atoms with Crippen LogP contribution in [0.2, 0.25) is 0 Å². The molecule has 2 N–H and O–H groups in total. The third kappa shape index (κ3) is 3.34. The van der Waals surface area contributed by atoms with Gasteiger partial charge in [0.2, 0.25) is 5.95 Å². The van der Waals surface area contributed by atoms with Gasteiger partial charge in [-0.25, -0.2) is 4.98 Å². The molecule has 112 valence electrons. The van der Waals surface area contributed by atoms with Gasteiger partial charge in [0.1, 0.15) is 11.9 Å². The Balaban J connectivity index is 1.81. The van der Waals surface area contributed by atoms with Gasteiger partial charge < -0.3 is 10.6 Å². The molecule has 1 aliphatic carbocycles. The van der Waals surface area contributed by atoms with Crippen LogP contribution in [0.4, 0.5) is 17.5 Å². The van der Waals surface area contributed by atoms with Gasteiger partial charge in [0.15, 0.2) is 0 Å². The van der Waals surface area contributed by atoms with E-state index in [1.54, 1.807) is 6.07 Å². The highest BCUT2D eigenvalue weighted by atomic mass is 15.2. The number of anilines is 3. The Hall–Kier alpha value is -2.61. The summed E-state index contributed by atoms with van der Waals surface area (Å²) in [5.74, 6) is 1.36. The molecular weight excluding hydrogens is 274 g/mol. The zero-order valence-electron chi connectivity index (χ0n) is 12.6. The molecule has 5 nitrogen and oxygen atoms in total. The van der Waals surface area contributed by atoms with Crippen LogP contribution >= 0.6 is 0 Å². The lowest BCUT2D eigenvalue weighted by molar-refractivity contribution is 0.743. The van der Waals surface area contributed by atoms with Crippen LogP contribution in [0.15, 0.2) is 30.3 Å². The molecule has 0 saturated heterocycles. The topological polar surface area (TPSA) is 73.6 Å². The zero-order valence-corrected chi connectivity index (χ0v) is 12.6. The quantitative estimate of drug-likeness (QED) is 0.898. The number of nitriles is 1. The minimum Gasteiger partial charge on any atom is -0.351 e. The van der Waals surface area contributed by atoms with Crippen LogP contribution in [0.25, 0.3) is 0 Å². The van der Waals surface area contributed by atoms with E-state index in [4.69, 9.17) is 5.26 Å². The van der Waals surface area contributed by atoms with E-state index in [9.17, 15) is 0 Å². The van der Waals surface area contributed by atoms with Crippen LogP contribution in [0.1, 0.15) is 36.9 Å². The van der Waals surface area contributed by atoms with Crippen molar-refractivity contribution in [2.45, 2.75) is 38.6 Å². The molecule has 1 aliphatic rings. The van der Waals surface area contributed by atoms with E-state index in [1.165, 1.54) is 25.7 Å². The fourth-order valence-electron chi connectivity index (χ4n) is 2.78. The Morgan fingerprint density at radius 2 is 1.95 bits per heavy atom. The van der Waals surface area contributed by atoms with E-state index in [0.29, 0.717) is 23.4 Å². The van der Waals surface area contributed by atoms with E-state index < -0.39 is 0 Å². The number of nitrogens with zero attached hydrogens (tertiary/aromatic N) is 3. The van der Waals surface area contributed by atoms with Crippen LogP contribution in [0, 0.1) is 18.3 Å². The van der Waals surface area contributed by atoms with Gasteiger partial charge >= 0.3 is 0 Å². The molecule has 0 atom stereocenters. The van der Waals surface area contributed by atoms with E-state index in [2.05, 4.69) is 26.7 Å². The third-order valence-electron chi connectivity index (χ3n) is 3.85. The van der Waals surface area contributed by atoms with Gasteiger partial charge in [-0.15, -0.1) is 0 Å². The highest BCUT2D eigenvalue weighted by Gasteiger charge is 2.16. The molecule has 0 unspecified atom stereocenters. The largest absolute Gasteiger partial charge is 0.351 e. The van der Waals surface area contributed by atoms with Crippen molar-refractivity contribution in [1.29, 1.82) is 5.26 Å². The molecule has 0 amide bonds. The molecule has 22 heavy (non-hydrogen) atoms. The number of aryl methyl sites for hydroxylation is 1. The van der Waals surface area contributed by atoms with E-state index in [-0.39, 0.29) is 0 Å². The van der Waals surface area contributed by atoms with Gasteiger partial charge in [-0.3, -0.25) is 0 Å². The molecular formula is C17H19N5. The number of hydrogen-bond acceptors (Lipinski definition) is 5. The monoisotopic (exact) mass is 293 g/mol. The minimum absolute atomic E-state index is 0.473. The summed E-state index contributed by atoms with van der Waals surface area (Å²) in [6.07, 6.45) is 4.89. The Morgan fingerprint density at radius 1 is 1.18 bits per heavy atom. The van der Waals surface area contributed by atoms with Crippen LogP contribution in [-0.2, 0) is 0 Å². The van der Waals surface area contributed by atoms with Crippen molar-refractivity contribution in [2.75, 3.05) is 10.6 Å². The highest BCUT2D eigenvalue weighted by Crippen LogP contribution is 2.23. The summed E-state index contributed by atoms with van der Waals surface area (Å²) < 4.78 is 0. The normalized spacial score (nSPS) is 14.5. The van der Waals surface area contributed by atoms with Crippen LogP contribution in [0.3, 0.4) is 0 Å². The summed E-state index contributed by atoms with van der Waals surface area (Å²) in [6.45, 7) is 1.95. The maximum atomic E-state index is 9.16. The van der Waals surface area contributed by atoms with Crippen molar-refractivity contribution in [2.24, 2.45) is 0 Å². The molecule has 0 bridgehead atoms. The zero-order chi connectivity index (χ0) is 15.4. The van der Waals surface area contributed by atoms with Crippen molar-refractivity contribution in [3.63, 3.8) is 0 Å². The molecule has 1 heterocycles. The maximum absolute atomic E-state index is 9.16. The van der Waals surface area contributed by atoms with Crippen molar-refractivity contribution < 1.29 is 0 Å². The Labute approximate surface area is 130 Å². The third-order valence-corrected chi connectivity index (χ3v) is 3.85. The van der Waals surface area contributed by atoms with Gasteiger partial charge in [0.05, 0.1) is 11.3 Å². The lowest BCUT2D eigenvalue weighted by Gasteiger charge is -2.14. The lowest BCUT2D eigenvalue weighted by Crippen LogP contribution is -2.17. The molecule has 0 spiro atoms. The SMILES string of the molecule is Cc1cc(Nc2ccccc2C#N)nc(NC2CCCC2)n1. The van der Waals surface area contributed by atoms with Gasteiger partial charge in [0.25, 0.3) is 0 Å². The molecule has 1 aromatic carbocycles. The molecule has 1 fully saturated rings. The van der Waals surface area contributed by atoms with Crippen LogP contribution in [-0.4, -0.2) is 16.0 Å². The van der Waals surface area contributed by atoms with Crippen LogP contribution in [0.5, 0.6) is 0 Å². The lowest BCUT2D eigenvalue weighted by atomic mass is 10.2. The van der Waals surface area contributed by atoms with Gasteiger partial charge in [-0.05, 0) is 31.9 Å². The molecule has 5 heteroatoms. The van der Waals surface area contributed by atoms with E-state index in [0.717, 1.165) is 11.4 Å². The minimum atomic E-state index is 0.473. The average molecular weight is 293 g/mol. The molecule has 3 rings (SSSR count). The Kier molecular flexibility index (Phi) is 4.19. The number of para-hydroxylation sites is 1. The molecule has 0 radical (unpaired) electrons. The average Bonchev–Trinajstić information content (AvgIpc) is 3.00. The predicted octanol–water partition coefficient (Wildman–Crippen LogP) is 3.75. The number of rotatable bonds is 4. The number of nitrogens with one attached hydrogen (secondary N) is 2. The number of aromatic nitrogens is 2. The number of hydrogen-bond donors (Lipinski definition) is 2. The van der Waals surface area contributed by atoms with Crippen molar-refractivity contribution in [3.8, 4) is 6.07 Å². The fourth-order valence-corrected chi connectivity index (χ4v) is 2.78. The molecule has 2 aromatic rings. The first-order chi connectivity index (χ1) is 10.7. The van der Waals surface area contributed by atoms with E-state index in [1.807, 2.05) is 31.2 Å². The molecule has 1 aromatic heterocycles. The summed E-state index contributed by atoms with van der Waals surface area (Å²) in [4.78, 5) is 8.98. The second-order valence-electron chi connectivity index (χ2n) is 5.63. The summed E-state index contributed by atoms with van der Waals surface area (Å²) in [7, 11) is 0. The standard InChI is InChI=1S/C17H19N5/c1-12-10-16(21-15-9-5-2-6-13(15)11-18)22-17(19-12)20-14-7-3-4-8-14/h2,5-6,9-10,14H,3-4,7-8H2,1H3,(H2,19,20,21,22). The second kappa shape index (κ2) is 6.44. The smallest absolute Gasteiger partial charge is 0.225 e. The van der Waals surface area contributed by atoms with Gasteiger partial charge in [-0.2, -0.15) is 10.2 Å². The van der Waals surface area contributed by atoms with Crippen molar-refractivity contribution >= 4 is 17.5 Å². The van der Waals surface area contributed by atoms with E-state index >= 15 is 0 Å². The second-order valence-corrected chi connectivity index (χ2v) is 5.63. The first-order valence-corrected chi connectivity index (χ1v) is 7.63. The van der Waals surface area contributed by atoms with Gasteiger partial charge in [0, 0.05) is 17.8 Å². The summed E-state index contributed by atoms with van der Waals surface area (Å²) >= 11 is 0. The van der Waals surface area contributed by atoms with Crippen molar-refractivity contribution in [1.82, 2.24) is 9.97 Å². The van der Waals surface area contributed by atoms with Crippen molar-refractivity contribution in [3.05, 3.63) is 41.6 Å². The number of benzene rings is 1. The van der Waals surface area contributed by atoms with Gasteiger partial charge in [-0.1, -0.05) is 25.0 Å².